The molecule has 0 bridgehead atoms. The Labute approximate surface area is 74.6 Å². The first-order chi connectivity index (χ1) is 6.27. The van der Waals surface area contributed by atoms with Gasteiger partial charge in [0.25, 0.3) is 5.56 Å². The molecule has 66 valence electrons. The number of aromatic nitrogens is 2. The SMILES string of the molecule is Nc1ccccc1-n1ccc(=O)[nH]1. The van der Waals surface area contributed by atoms with E-state index in [1.165, 1.54) is 6.07 Å². The van der Waals surface area contributed by atoms with Gasteiger partial charge in [-0.2, -0.15) is 0 Å². The predicted molar refractivity (Wildman–Crippen MR) is 50.8 cm³/mol. The van der Waals surface area contributed by atoms with Crippen LogP contribution in [-0.4, -0.2) is 9.78 Å². The quantitative estimate of drug-likeness (QED) is 0.628. The molecule has 1 aromatic carbocycles. The zero-order valence-corrected chi connectivity index (χ0v) is 6.90. The summed E-state index contributed by atoms with van der Waals surface area (Å²) < 4.78 is 1.59. The number of para-hydroxylation sites is 2. The summed E-state index contributed by atoms with van der Waals surface area (Å²) in [5.74, 6) is 0. The largest absolute Gasteiger partial charge is 0.397 e. The number of rotatable bonds is 1. The lowest BCUT2D eigenvalue weighted by atomic mass is 10.3. The molecule has 1 heterocycles. The Kier molecular flexibility index (Phi) is 1.66. The van der Waals surface area contributed by atoms with Crippen LogP contribution in [0.5, 0.6) is 0 Å². The Hall–Kier alpha value is -1.97. The molecular weight excluding hydrogens is 166 g/mol. The summed E-state index contributed by atoms with van der Waals surface area (Å²) in [6, 6.07) is 8.79. The maximum absolute atomic E-state index is 10.9. The molecule has 0 unspecified atom stereocenters. The van der Waals surface area contributed by atoms with E-state index in [0.29, 0.717) is 5.69 Å². The number of H-pyrrole nitrogens is 1. The van der Waals surface area contributed by atoms with Crippen molar-refractivity contribution in [2.45, 2.75) is 0 Å². The normalized spacial score (nSPS) is 10.2. The summed E-state index contributed by atoms with van der Waals surface area (Å²) in [6.07, 6.45) is 1.65. The van der Waals surface area contributed by atoms with E-state index >= 15 is 0 Å². The first-order valence-electron chi connectivity index (χ1n) is 3.90. The smallest absolute Gasteiger partial charge is 0.264 e. The molecule has 0 aliphatic carbocycles. The molecule has 0 fully saturated rings. The van der Waals surface area contributed by atoms with E-state index in [-0.39, 0.29) is 5.56 Å². The van der Waals surface area contributed by atoms with Gasteiger partial charge in [0.1, 0.15) is 0 Å². The molecule has 0 aliphatic rings. The van der Waals surface area contributed by atoms with Gasteiger partial charge >= 0.3 is 0 Å². The van der Waals surface area contributed by atoms with E-state index in [4.69, 9.17) is 5.73 Å². The number of nitrogens with two attached hydrogens (primary N) is 1. The van der Waals surface area contributed by atoms with Crippen LogP contribution in [0.4, 0.5) is 5.69 Å². The van der Waals surface area contributed by atoms with Crippen LogP contribution < -0.4 is 11.3 Å². The maximum Gasteiger partial charge on any atom is 0.264 e. The van der Waals surface area contributed by atoms with Crippen molar-refractivity contribution in [1.82, 2.24) is 9.78 Å². The first kappa shape index (κ1) is 7.67. The molecule has 13 heavy (non-hydrogen) atoms. The molecule has 1 aromatic heterocycles. The second kappa shape index (κ2) is 2.82. The van der Waals surface area contributed by atoms with Crippen molar-refractivity contribution in [3.8, 4) is 5.69 Å². The lowest BCUT2D eigenvalue weighted by molar-refractivity contribution is 0.866. The lowest BCUT2D eigenvalue weighted by Crippen LogP contribution is -2.05. The zero-order valence-electron chi connectivity index (χ0n) is 6.90. The third kappa shape index (κ3) is 1.33. The van der Waals surface area contributed by atoms with Crippen molar-refractivity contribution in [3.63, 3.8) is 0 Å². The van der Waals surface area contributed by atoms with E-state index < -0.39 is 0 Å². The fourth-order valence-electron chi connectivity index (χ4n) is 1.18. The van der Waals surface area contributed by atoms with Gasteiger partial charge in [-0.3, -0.25) is 14.6 Å². The molecule has 0 spiro atoms. The van der Waals surface area contributed by atoms with Crippen LogP contribution in [0.25, 0.3) is 5.69 Å². The number of nitrogens with one attached hydrogen (secondary N) is 1. The minimum Gasteiger partial charge on any atom is -0.397 e. The Balaban J connectivity index is 2.58. The molecule has 4 heteroatoms. The predicted octanol–water partition coefficient (Wildman–Crippen LogP) is 0.748. The van der Waals surface area contributed by atoms with Gasteiger partial charge in [0.2, 0.25) is 0 Å². The minimum absolute atomic E-state index is 0.136. The van der Waals surface area contributed by atoms with Crippen molar-refractivity contribution in [2.24, 2.45) is 0 Å². The third-order valence-electron chi connectivity index (χ3n) is 1.80. The summed E-state index contributed by atoms with van der Waals surface area (Å²) in [7, 11) is 0. The highest BCUT2D eigenvalue weighted by Crippen LogP contribution is 2.13. The average Bonchev–Trinajstić information content (AvgIpc) is 2.53. The second-order valence-corrected chi connectivity index (χ2v) is 2.72. The highest BCUT2D eigenvalue weighted by atomic mass is 16.1. The number of aromatic amines is 1. The molecule has 0 saturated carbocycles. The van der Waals surface area contributed by atoms with Crippen LogP contribution in [0.2, 0.25) is 0 Å². The molecule has 4 nitrogen and oxygen atoms in total. The van der Waals surface area contributed by atoms with Gasteiger partial charge in [-0.1, -0.05) is 12.1 Å². The number of hydrogen-bond acceptors (Lipinski definition) is 2. The number of anilines is 1. The van der Waals surface area contributed by atoms with Crippen molar-refractivity contribution in [1.29, 1.82) is 0 Å². The molecule has 2 rings (SSSR count). The van der Waals surface area contributed by atoms with Crippen LogP contribution in [0.1, 0.15) is 0 Å². The molecule has 0 amide bonds. The zero-order chi connectivity index (χ0) is 9.26. The Morgan fingerprint density at radius 2 is 2.00 bits per heavy atom. The van der Waals surface area contributed by atoms with Gasteiger partial charge in [-0.15, -0.1) is 0 Å². The first-order valence-corrected chi connectivity index (χ1v) is 3.90. The standard InChI is InChI=1S/C9H9N3O/c10-7-3-1-2-4-8(7)12-6-5-9(13)11-12/h1-6H,10H2,(H,11,13). The topological polar surface area (TPSA) is 63.8 Å². The molecule has 3 N–H and O–H groups in total. The van der Waals surface area contributed by atoms with E-state index in [9.17, 15) is 4.79 Å². The Morgan fingerprint density at radius 1 is 1.23 bits per heavy atom. The Morgan fingerprint density at radius 3 is 2.62 bits per heavy atom. The second-order valence-electron chi connectivity index (χ2n) is 2.72. The monoisotopic (exact) mass is 175 g/mol. The minimum atomic E-state index is -0.136. The summed E-state index contributed by atoms with van der Waals surface area (Å²) in [5.41, 5.74) is 7.00. The van der Waals surface area contributed by atoms with E-state index in [1.54, 1.807) is 16.9 Å². The van der Waals surface area contributed by atoms with Crippen LogP contribution in [-0.2, 0) is 0 Å². The van der Waals surface area contributed by atoms with Gasteiger partial charge in [-0.05, 0) is 12.1 Å². The highest BCUT2D eigenvalue weighted by molar-refractivity contribution is 5.56. The Bertz CT molecular complexity index is 469. The molecular formula is C9H9N3O. The lowest BCUT2D eigenvalue weighted by Gasteiger charge is -2.04. The molecule has 0 saturated heterocycles. The maximum atomic E-state index is 10.9. The third-order valence-corrected chi connectivity index (χ3v) is 1.80. The number of benzene rings is 1. The van der Waals surface area contributed by atoms with Crippen molar-refractivity contribution >= 4 is 5.69 Å². The molecule has 0 atom stereocenters. The summed E-state index contributed by atoms with van der Waals surface area (Å²) in [4.78, 5) is 10.9. The van der Waals surface area contributed by atoms with Crippen LogP contribution in [0.15, 0.2) is 41.3 Å². The van der Waals surface area contributed by atoms with Crippen molar-refractivity contribution in [3.05, 3.63) is 46.9 Å². The number of hydrogen-bond donors (Lipinski definition) is 2. The van der Waals surface area contributed by atoms with Gasteiger partial charge in [0, 0.05) is 12.3 Å². The van der Waals surface area contributed by atoms with Gasteiger partial charge in [-0.25, -0.2) is 0 Å². The van der Waals surface area contributed by atoms with E-state index in [0.717, 1.165) is 5.69 Å². The van der Waals surface area contributed by atoms with Crippen molar-refractivity contribution < 1.29 is 0 Å². The summed E-state index contributed by atoms with van der Waals surface area (Å²) in [5, 5.41) is 2.61. The van der Waals surface area contributed by atoms with E-state index in [2.05, 4.69) is 5.10 Å². The van der Waals surface area contributed by atoms with Gasteiger partial charge in [0.15, 0.2) is 0 Å². The molecule has 2 aromatic rings. The van der Waals surface area contributed by atoms with E-state index in [1.807, 2.05) is 18.2 Å². The number of nitrogen functional groups attached to an aromatic ring is 1. The summed E-state index contributed by atoms with van der Waals surface area (Å²) >= 11 is 0. The summed E-state index contributed by atoms with van der Waals surface area (Å²) in [6.45, 7) is 0. The van der Waals surface area contributed by atoms with Crippen LogP contribution >= 0.6 is 0 Å². The van der Waals surface area contributed by atoms with Gasteiger partial charge < -0.3 is 5.73 Å². The average molecular weight is 175 g/mol. The van der Waals surface area contributed by atoms with Crippen molar-refractivity contribution in [2.75, 3.05) is 5.73 Å². The van der Waals surface area contributed by atoms with Crippen LogP contribution in [0, 0.1) is 0 Å². The number of nitrogens with zero attached hydrogens (tertiary/aromatic N) is 1. The highest BCUT2D eigenvalue weighted by Gasteiger charge is 1.99. The fraction of sp³-hybridized carbons (Fsp3) is 0. The molecule has 0 aliphatic heterocycles. The fourth-order valence-corrected chi connectivity index (χ4v) is 1.18. The van der Waals surface area contributed by atoms with Crippen LogP contribution in [0.3, 0.4) is 0 Å². The molecule has 0 radical (unpaired) electrons. The van der Waals surface area contributed by atoms with Gasteiger partial charge in [0.05, 0.1) is 11.4 Å².